The summed E-state index contributed by atoms with van der Waals surface area (Å²) in [6, 6.07) is 7.44. The Morgan fingerprint density at radius 2 is 2.08 bits per heavy atom. The molecule has 2 amide bonds. The Balaban J connectivity index is 1.57. The number of carbonyl (C=O) groups is 2. The molecule has 4 rings (SSSR count). The molecule has 3 fully saturated rings. The largest absolute Gasteiger partial charge is 0.342 e. The molecule has 3 aliphatic rings. The van der Waals surface area contributed by atoms with E-state index in [9.17, 15) is 9.59 Å². The van der Waals surface area contributed by atoms with Gasteiger partial charge in [-0.05, 0) is 42.4 Å². The van der Waals surface area contributed by atoms with Crippen molar-refractivity contribution in [1.29, 1.82) is 0 Å². The number of nitrogens with two attached hydrogens (primary N) is 1. The Hall–Kier alpha value is -1.59. The molecule has 0 radical (unpaired) electrons. The van der Waals surface area contributed by atoms with E-state index in [0.29, 0.717) is 16.9 Å². The van der Waals surface area contributed by atoms with E-state index < -0.39 is 0 Å². The molecule has 5 atom stereocenters. The molecule has 5 unspecified atom stereocenters. The van der Waals surface area contributed by atoms with Gasteiger partial charge in [-0.3, -0.25) is 9.59 Å². The summed E-state index contributed by atoms with van der Waals surface area (Å²) < 4.78 is 0. The molecule has 0 spiro atoms. The minimum Gasteiger partial charge on any atom is -0.342 e. The lowest BCUT2D eigenvalue weighted by Gasteiger charge is -2.28. The number of rotatable bonds is 2. The van der Waals surface area contributed by atoms with Crippen molar-refractivity contribution in [2.45, 2.75) is 31.3 Å². The second kappa shape index (κ2) is 6.29. The highest BCUT2D eigenvalue weighted by Gasteiger charge is 2.48. The average Bonchev–Trinajstić information content (AvgIpc) is 3.23. The third-order valence-electron chi connectivity index (χ3n) is 6.32. The first-order valence-corrected chi connectivity index (χ1v) is 9.39. The Morgan fingerprint density at radius 3 is 2.80 bits per heavy atom. The van der Waals surface area contributed by atoms with Crippen LogP contribution in [0.4, 0.5) is 0 Å². The number of halogens is 1. The van der Waals surface area contributed by atoms with E-state index in [1.54, 1.807) is 11.9 Å². The number of nitrogens with zero attached hydrogens (tertiary/aromatic N) is 2. The highest BCUT2D eigenvalue weighted by Crippen LogP contribution is 2.42. The van der Waals surface area contributed by atoms with Gasteiger partial charge >= 0.3 is 0 Å². The summed E-state index contributed by atoms with van der Waals surface area (Å²) in [4.78, 5) is 29.2. The molecule has 134 valence electrons. The highest BCUT2D eigenvalue weighted by molar-refractivity contribution is 6.30. The molecule has 0 aromatic heterocycles. The van der Waals surface area contributed by atoms with Crippen molar-refractivity contribution in [3.05, 3.63) is 34.9 Å². The van der Waals surface area contributed by atoms with Crippen LogP contribution in [0, 0.1) is 17.8 Å². The third kappa shape index (κ3) is 2.83. The Bertz CT molecular complexity index is 710. The van der Waals surface area contributed by atoms with E-state index in [1.165, 1.54) is 0 Å². The SMILES string of the molecule is CN1C(=O)CC(C(=O)N2CC3CCC(N)C3C2)C1c1cccc(Cl)c1. The topological polar surface area (TPSA) is 66.6 Å². The zero-order valence-electron chi connectivity index (χ0n) is 14.4. The van der Waals surface area contributed by atoms with Crippen molar-refractivity contribution < 1.29 is 9.59 Å². The molecule has 1 aliphatic carbocycles. The van der Waals surface area contributed by atoms with Crippen LogP contribution in [0.2, 0.25) is 5.02 Å². The van der Waals surface area contributed by atoms with Crippen LogP contribution in [0.1, 0.15) is 30.9 Å². The van der Waals surface area contributed by atoms with Gasteiger partial charge < -0.3 is 15.5 Å². The van der Waals surface area contributed by atoms with Gasteiger partial charge in [-0.25, -0.2) is 0 Å². The molecule has 2 saturated heterocycles. The quantitative estimate of drug-likeness (QED) is 0.876. The van der Waals surface area contributed by atoms with Gasteiger partial charge in [0.25, 0.3) is 0 Å². The van der Waals surface area contributed by atoms with Crippen molar-refractivity contribution in [3.8, 4) is 0 Å². The summed E-state index contributed by atoms with van der Waals surface area (Å²) in [7, 11) is 1.77. The average molecular weight is 362 g/mol. The monoisotopic (exact) mass is 361 g/mol. The van der Waals surface area contributed by atoms with Crippen molar-refractivity contribution in [2.24, 2.45) is 23.5 Å². The smallest absolute Gasteiger partial charge is 0.228 e. The second-order valence-electron chi connectivity index (χ2n) is 7.72. The maximum absolute atomic E-state index is 13.2. The zero-order valence-corrected chi connectivity index (χ0v) is 15.2. The van der Waals surface area contributed by atoms with Gasteiger partial charge in [0.1, 0.15) is 0 Å². The minimum absolute atomic E-state index is 0.0133. The molecule has 1 saturated carbocycles. The summed E-state index contributed by atoms with van der Waals surface area (Å²) in [5.74, 6) is 0.705. The Kier molecular flexibility index (Phi) is 4.24. The third-order valence-corrected chi connectivity index (χ3v) is 6.55. The standard InChI is InChI=1S/C19H24ClN3O2/c1-22-17(24)8-14(18(22)11-3-2-4-13(20)7-11)19(25)23-9-12-5-6-16(21)15(12)10-23/h2-4,7,12,14-16,18H,5-6,8-10,21H2,1H3. The fourth-order valence-corrected chi connectivity index (χ4v) is 5.16. The van der Waals surface area contributed by atoms with Crippen LogP contribution in [0.15, 0.2) is 24.3 Å². The number of likely N-dealkylation sites (tertiary alicyclic amines) is 2. The molecule has 25 heavy (non-hydrogen) atoms. The molecule has 1 aromatic rings. The van der Waals surface area contributed by atoms with E-state index in [1.807, 2.05) is 29.2 Å². The molecule has 2 aliphatic heterocycles. The summed E-state index contributed by atoms with van der Waals surface area (Å²) in [6.45, 7) is 1.52. The first kappa shape index (κ1) is 16.9. The lowest BCUT2D eigenvalue weighted by Crippen LogP contribution is -2.39. The Morgan fingerprint density at radius 1 is 1.28 bits per heavy atom. The van der Waals surface area contributed by atoms with Gasteiger partial charge in [0.05, 0.1) is 12.0 Å². The van der Waals surface area contributed by atoms with Gasteiger partial charge in [-0.2, -0.15) is 0 Å². The molecular weight excluding hydrogens is 338 g/mol. The number of hydrogen-bond donors (Lipinski definition) is 1. The Labute approximate surface area is 153 Å². The van der Waals surface area contributed by atoms with Gasteiger partial charge in [0.15, 0.2) is 0 Å². The second-order valence-corrected chi connectivity index (χ2v) is 8.16. The molecule has 6 heteroatoms. The van der Waals surface area contributed by atoms with Crippen LogP contribution in [0.5, 0.6) is 0 Å². The minimum atomic E-state index is -0.342. The summed E-state index contributed by atoms with van der Waals surface area (Å²) in [6.07, 6.45) is 2.44. The summed E-state index contributed by atoms with van der Waals surface area (Å²) in [5.41, 5.74) is 7.13. The van der Waals surface area contributed by atoms with Crippen molar-refractivity contribution in [3.63, 3.8) is 0 Å². The maximum Gasteiger partial charge on any atom is 0.228 e. The van der Waals surface area contributed by atoms with E-state index in [2.05, 4.69) is 0 Å². The molecule has 5 nitrogen and oxygen atoms in total. The van der Waals surface area contributed by atoms with Crippen LogP contribution in [0.25, 0.3) is 0 Å². The number of benzene rings is 1. The first-order valence-electron chi connectivity index (χ1n) is 9.01. The summed E-state index contributed by atoms with van der Waals surface area (Å²) >= 11 is 6.13. The van der Waals surface area contributed by atoms with Gasteiger partial charge in [0, 0.05) is 37.6 Å². The zero-order chi connectivity index (χ0) is 17.7. The van der Waals surface area contributed by atoms with Crippen molar-refractivity contribution in [2.75, 3.05) is 20.1 Å². The van der Waals surface area contributed by atoms with Gasteiger partial charge in [-0.1, -0.05) is 23.7 Å². The van der Waals surface area contributed by atoms with E-state index in [0.717, 1.165) is 31.5 Å². The fraction of sp³-hybridized carbons (Fsp3) is 0.579. The maximum atomic E-state index is 13.2. The molecule has 2 heterocycles. The number of fused-ring (bicyclic) bond motifs is 1. The fourth-order valence-electron chi connectivity index (χ4n) is 4.96. The number of amides is 2. The molecule has 1 aromatic carbocycles. The molecule has 0 bridgehead atoms. The van der Waals surface area contributed by atoms with Crippen LogP contribution >= 0.6 is 11.6 Å². The first-order chi connectivity index (χ1) is 12.0. The van der Waals surface area contributed by atoms with Gasteiger partial charge in [-0.15, -0.1) is 0 Å². The van der Waals surface area contributed by atoms with Gasteiger partial charge in [0.2, 0.25) is 11.8 Å². The van der Waals surface area contributed by atoms with Crippen LogP contribution in [-0.4, -0.2) is 47.8 Å². The molecule has 2 N–H and O–H groups in total. The number of hydrogen-bond acceptors (Lipinski definition) is 3. The van der Waals surface area contributed by atoms with Crippen LogP contribution in [-0.2, 0) is 9.59 Å². The highest BCUT2D eigenvalue weighted by atomic mass is 35.5. The van der Waals surface area contributed by atoms with Crippen LogP contribution < -0.4 is 5.73 Å². The van der Waals surface area contributed by atoms with Crippen LogP contribution in [0.3, 0.4) is 0 Å². The lowest BCUT2D eigenvalue weighted by atomic mass is 9.92. The number of carbonyl (C=O) groups excluding carboxylic acids is 2. The van der Waals surface area contributed by atoms with Crippen molar-refractivity contribution in [1.82, 2.24) is 9.80 Å². The van der Waals surface area contributed by atoms with E-state index >= 15 is 0 Å². The predicted molar refractivity (Wildman–Crippen MR) is 95.8 cm³/mol. The predicted octanol–water partition coefficient (Wildman–Crippen LogP) is 2.06. The normalized spacial score (nSPS) is 34.7. The summed E-state index contributed by atoms with van der Waals surface area (Å²) in [5, 5.41) is 0.623. The van der Waals surface area contributed by atoms with Crippen molar-refractivity contribution >= 4 is 23.4 Å². The van der Waals surface area contributed by atoms with E-state index in [4.69, 9.17) is 17.3 Å². The lowest BCUT2D eigenvalue weighted by molar-refractivity contribution is -0.135. The molecular formula is C19H24ClN3O2. The van der Waals surface area contributed by atoms with E-state index in [-0.39, 0.29) is 36.2 Å².